The van der Waals surface area contributed by atoms with Gasteiger partial charge in [0.1, 0.15) is 6.33 Å². The van der Waals surface area contributed by atoms with E-state index in [2.05, 4.69) is 15.5 Å². The van der Waals surface area contributed by atoms with Crippen LogP contribution in [0.25, 0.3) is 5.69 Å². The van der Waals surface area contributed by atoms with Gasteiger partial charge in [-0.3, -0.25) is 9.36 Å². The van der Waals surface area contributed by atoms with Crippen LogP contribution < -0.4 is 10.2 Å². The molecular weight excluding hydrogens is 358 g/mol. The Kier molecular flexibility index (Phi) is 6.13. The maximum absolute atomic E-state index is 12.2. The van der Waals surface area contributed by atoms with E-state index in [0.29, 0.717) is 17.5 Å². The van der Waals surface area contributed by atoms with E-state index < -0.39 is 0 Å². The minimum atomic E-state index is -0.0323. The van der Waals surface area contributed by atoms with Crippen molar-refractivity contribution in [1.29, 1.82) is 0 Å². The van der Waals surface area contributed by atoms with Crippen molar-refractivity contribution < 1.29 is 4.79 Å². The molecule has 0 bridgehead atoms. The van der Waals surface area contributed by atoms with Crippen LogP contribution in [-0.2, 0) is 11.3 Å². The topological polar surface area (TPSA) is 63.1 Å². The van der Waals surface area contributed by atoms with Crippen LogP contribution in [0.15, 0.2) is 60.0 Å². The number of hydrogen-bond donors (Lipinski definition) is 1. The van der Waals surface area contributed by atoms with Crippen molar-refractivity contribution in [2.75, 3.05) is 24.7 Å². The third-order valence-electron chi connectivity index (χ3n) is 4.10. The minimum Gasteiger partial charge on any atom is -0.378 e. The Labute approximate surface area is 163 Å². The van der Waals surface area contributed by atoms with Gasteiger partial charge in [-0.15, -0.1) is 10.2 Å². The van der Waals surface area contributed by atoms with Crippen molar-refractivity contribution in [3.63, 3.8) is 0 Å². The highest BCUT2D eigenvalue weighted by molar-refractivity contribution is 7.99. The molecule has 1 N–H and O–H groups in total. The summed E-state index contributed by atoms with van der Waals surface area (Å²) in [5, 5.41) is 11.7. The fraction of sp³-hybridized carbons (Fsp3) is 0.250. The average molecular weight is 382 g/mol. The number of aromatic nitrogens is 3. The van der Waals surface area contributed by atoms with Gasteiger partial charge in [0, 0.05) is 32.0 Å². The van der Waals surface area contributed by atoms with E-state index in [1.54, 1.807) is 6.33 Å². The van der Waals surface area contributed by atoms with Crippen molar-refractivity contribution in [3.8, 4) is 5.69 Å². The number of nitrogens with zero attached hydrogens (tertiary/aromatic N) is 4. The third-order valence-corrected chi connectivity index (χ3v) is 5.05. The largest absolute Gasteiger partial charge is 0.378 e. The Morgan fingerprint density at radius 1 is 1.11 bits per heavy atom. The molecular formula is C20H23N5OS. The molecule has 1 amide bonds. The van der Waals surface area contributed by atoms with E-state index in [4.69, 9.17) is 0 Å². The summed E-state index contributed by atoms with van der Waals surface area (Å²) < 4.78 is 1.89. The minimum absolute atomic E-state index is 0.0323. The molecule has 7 heteroatoms. The fourth-order valence-electron chi connectivity index (χ4n) is 2.50. The number of thioether (sulfide) groups is 1. The molecule has 0 fully saturated rings. The summed E-state index contributed by atoms with van der Waals surface area (Å²) >= 11 is 1.37. The van der Waals surface area contributed by atoms with Crippen LogP contribution in [0.1, 0.15) is 11.1 Å². The molecule has 0 radical (unpaired) electrons. The van der Waals surface area contributed by atoms with Crippen LogP contribution in [-0.4, -0.2) is 40.5 Å². The van der Waals surface area contributed by atoms with Crippen LogP contribution >= 0.6 is 11.8 Å². The van der Waals surface area contributed by atoms with Crippen LogP contribution in [0.3, 0.4) is 0 Å². The molecule has 0 saturated carbocycles. The Hall–Kier alpha value is -2.80. The normalized spacial score (nSPS) is 10.6. The van der Waals surface area contributed by atoms with Gasteiger partial charge in [0.25, 0.3) is 0 Å². The second-order valence-electron chi connectivity index (χ2n) is 6.45. The van der Waals surface area contributed by atoms with Gasteiger partial charge in [0.2, 0.25) is 5.91 Å². The first-order valence-corrected chi connectivity index (χ1v) is 9.64. The Morgan fingerprint density at radius 2 is 1.81 bits per heavy atom. The predicted octanol–water partition coefficient (Wildman–Crippen LogP) is 3.05. The molecule has 140 valence electrons. The number of aryl methyl sites for hydroxylation is 1. The summed E-state index contributed by atoms with van der Waals surface area (Å²) in [7, 11) is 4.01. The van der Waals surface area contributed by atoms with Crippen molar-refractivity contribution in [2.24, 2.45) is 0 Å². The van der Waals surface area contributed by atoms with E-state index in [1.165, 1.54) is 17.3 Å². The number of rotatable bonds is 7. The van der Waals surface area contributed by atoms with E-state index in [0.717, 1.165) is 16.9 Å². The van der Waals surface area contributed by atoms with Crippen LogP contribution in [0.5, 0.6) is 0 Å². The lowest BCUT2D eigenvalue weighted by Crippen LogP contribution is -2.24. The molecule has 1 heterocycles. The number of hydrogen-bond acceptors (Lipinski definition) is 5. The molecule has 6 nitrogen and oxygen atoms in total. The van der Waals surface area contributed by atoms with E-state index in [1.807, 2.05) is 79.0 Å². The lowest BCUT2D eigenvalue weighted by atomic mass is 10.2. The third kappa shape index (κ3) is 5.10. The van der Waals surface area contributed by atoms with Gasteiger partial charge >= 0.3 is 0 Å². The fourth-order valence-corrected chi connectivity index (χ4v) is 3.26. The molecule has 0 spiro atoms. The van der Waals surface area contributed by atoms with E-state index in [-0.39, 0.29) is 5.91 Å². The Bertz CT molecular complexity index is 887. The number of carbonyl (C=O) groups excluding carboxylic acids is 1. The van der Waals surface area contributed by atoms with Gasteiger partial charge < -0.3 is 10.2 Å². The number of anilines is 1. The van der Waals surface area contributed by atoms with E-state index in [9.17, 15) is 4.79 Å². The van der Waals surface area contributed by atoms with Gasteiger partial charge in [0.05, 0.1) is 5.75 Å². The zero-order chi connectivity index (χ0) is 19.2. The molecule has 3 aromatic rings. The van der Waals surface area contributed by atoms with Gasteiger partial charge in [-0.1, -0.05) is 41.6 Å². The molecule has 1 aromatic heterocycles. The summed E-state index contributed by atoms with van der Waals surface area (Å²) in [4.78, 5) is 14.2. The summed E-state index contributed by atoms with van der Waals surface area (Å²) in [6, 6.07) is 16.2. The van der Waals surface area contributed by atoms with Crippen molar-refractivity contribution in [1.82, 2.24) is 20.1 Å². The highest BCUT2D eigenvalue weighted by Crippen LogP contribution is 2.19. The zero-order valence-electron chi connectivity index (χ0n) is 15.7. The quantitative estimate of drug-likeness (QED) is 0.638. The molecule has 0 aliphatic rings. The second kappa shape index (κ2) is 8.73. The Balaban J connectivity index is 1.52. The van der Waals surface area contributed by atoms with Crippen molar-refractivity contribution in [3.05, 3.63) is 66.0 Å². The molecule has 0 atom stereocenters. The lowest BCUT2D eigenvalue weighted by Gasteiger charge is -2.13. The lowest BCUT2D eigenvalue weighted by molar-refractivity contribution is -0.118. The van der Waals surface area contributed by atoms with Gasteiger partial charge in [-0.05, 0) is 36.8 Å². The highest BCUT2D eigenvalue weighted by Gasteiger charge is 2.10. The van der Waals surface area contributed by atoms with Crippen LogP contribution in [0.2, 0.25) is 0 Å². The smallest absolute Gasteiger partial charge is 0.230 e. The molecule has 3 rings (SSSR count). The number of benzene rings is 2. The first-order valence-electron chi connectivity index (χ1n) is 8.66. The monoisotopic (exact) mass is 381 g/mol. The average Bonchev–Trinajstić information content (AvgIpc) is 3.14. The summed E-state index contributed by atoms with van der Waals surface area (Å²) in [6.45, 7) is 2.56. The molecule has 27 heavy (non-hydrogen) atoms. The maximum atomic E-state index is 12.2. The van der Waals surface area contributed by atoms with Gasteiger partial charge in [0.15, 0.2) is 5.16 Å². The molecule has 2 aromatic carbocycles. The second-order valence-corrected chi connectivity index (χ2v) is 7.39. The Morgan fingerprint density at radius 3 is 2.48 bits per heavy atom. The number of amides is 1. The zero-order valence-corrected chi connectivity index (χ0v) is 16.5. The van der Waals surface area contributed by atoms with Crippen molar-refractivity contribution in [2.45, 2.75) is 18.6 Å². The first-order chi connectivity index (χ1) is 13.0. The molecule has 0 aliphatic carbocycles. The standard InChI is InChI=1S/C20H23N5OS/c1-15-4-8-18(9-5-15)25-14-22-23-20(25)27-13-19(26)21-12-16-6-10-17(11-7-16)24(2)3/h4-11,14H,12-13H2,1-3H3,(H,21,26). The highest BCUT2D eigenvalue weighted by atomic mass is 32.2. The first kappa shape index (κ1) is 19.0. The summed E-state index contributed by atoms with van der Waals surface area (Å²) in [5.41, 5.74) is 4.38. The van der Waals surface area contributed by atoms with E-state index >= 15 is 0 Å². The molecule has 0 unspecified atom stereocenters. The van der Waals surface area contributed by atoms with Gasteiger partial charge in [-0.25, -0.2) is 0 Å². The summed E-state index contributed by atoms with van der Waals surface area (Å²) in [5.74, 6) is 0.260. The summed E-state index contributed by atoms with van der Waals surface area (Å²) in [6.07, 6.45) is 1.66. The van der Waals surface area contributed by atoms with Crippen LogP contribution in [0.4, 0.5) is 5.69 Å². The van der Waals surface area contributed by atoms with Crippen molar-refractivity contribution >= 4 is 23.4 Å². The number of carbonyl (C=O) groups is 1. The SMILES string of the molecule is Cc1ccc(-n2cnnc2SCC(=O)NCc2ccc(N(C)C)cc2)cc1. The predicted molar refractivity (Wildman–Crippen MR) is 109 cm³/mol. The number of nitrogens with one attached hydrogen (secondary N) is 1. The molecule has 0 saturated heterocycles. The van der Waals surface area contributed by atoms with Gasteiger partial charge in [-0.2, -0.15) is 0 Å². The maximum Gasteiger partial charge on any atom is 0.230 e. The van der Waals surface area contributed by atoms with Crippen LogP contribution in [0, 0.1) is 6.92 Å². The molecule has 0 aliphatic heterocycles.